The lowest BCUT2D eigenvalue weighted by atomic mass is 10.2. The van der Waals surface area contributed by atoms with Crippen molar-refractivity contribution < 1.29 is 40.7 Å². The Morgan fingerprint density at radius 3 is 2.41 bits per heavy atom. The second-order valence-electron chi connectivity index (χ2n) is 8.29. The van der Waals surface area contributed by atoms with Crippen LogP contribution in [0.2, 0.25) is 0 Å². The number of pyridine rings is 1. The lowest BCUT2D eigenvalue weighted by molar-refractivity contribution is -0.138. The summed E-state index contributed by atoms with van der Waals surface area (Å²) in [6, 6.07) is 0.731. The number of anilines is 1. The van der Waals surface area contributed by atoms with Crippen LogP contribution >= 0.6 is 0 Å². The van der Waals surface area contributed by atoms with Crippen LogP contribution in [-0.2, 0) is 21.9 Å². The summed E-state index contributed by atoms with van der Waals surface area (Å²) in [6.07, 6.45) is -6.60. The van der Waals surface area contributed by atoms with Crippen molar-refractivity contribution in [2.24, 2.45) is 0 Å². The van der Waals surface area contributed by atoms with Crippen molar-refractivity contribution >= 4 is 17.5 Å². The third kappa shape index (κ3) is 9.53. The van der Waals surface area contributed by atoms with E-state index in [4.69, 9.17) is 4.74 Å². The maximum Gasteiger partial charge on any atom is 0.423 e. The van der Waals surface area contributed by atoms with Crippen LogP contribution in [0.5, 0.6) is 0 Å². The SMILES string of the molecule is CCN(CCCN(C)C(=O)c1cncc(C(F)(F)F)c1)C(=O)CCOCCNc1cn[nH]c(=O)c1C(F)(F)F. The van der Waals surface area contributed by atoms with Gasteiger partial charge in [0, 0.05) is 45.6 Å². The number of alkyl halides is 6. The number of nitrogens with one attached hydrogen (secondary N) is 2. The highest BCUT2D eigenvalue weighted by molar-refractivity contribution is 5.93. The van der Waals surface area contributed by atoms with Crippen LogP contribution in [0.3, 0.4) is 0 Å². The molecule has 0 aliphatic carbocycles. The second kappa shape index (κ2) is 13.9. The van der Waals surface area contributed by atoms with Crippen LogP contribution in [0.1, 0.15) is 41.3 Å². The largest absolute Gasteiger partial charge is 0.423 e. The lowest BCUT2D eigenvalue weighted by Gasteiger charge is -2.23. The highest BCUT2D eigenvalue weighted by atomic mass is 19.4. The highest BCUT2D eigenvalue weighted by Crippen LogP contribution is 2.31. The number of ether oxygens (including phenoxy) is 1. The number of H-pyrrole nitrogens is 1. The molecule has 0 atom stereocenters. The van der Waals surface area contributed by atoms with Crippen molar-refractivity contribution in [3.8, 4) is 0 Å². The molecule has 2 aromatic rings. The van der Waals surface area contributed by atoms with Crippen LogP contribution in [0.25, 0.3) is 0 Å². The molecule has 0 fully saturated rings. The average Bonchev–Trinajstić information content (AvgIpc) is 2.86. The van der Waals surface area contributed by atoms with Gasteiger partial charge in [-0.2, -0.15) is 31.4 Å². The summed E-state index contributed by atoms with van der Waals surface area (Å²) in [6.45, 7) is 2.47. The van der Waals surface area contributed by atoms with E-state index in [1.165, 1.54) is 16.8 Å². The Morgan fingerprint density at radius 1 is 1.05 bits per heavy atom. The zero-order chi connectivity index (χ0) is 29.2. The Kier molecular flexibility index (Phi) is 11.2. The van der Waals surface area contributed by atoms with E-state index >= 15 is 0 Å². The standard InChI is InChI=1S/C23H28F6N6O4/c1-3-35(8-4-7-34(2)21(38)15-11-16(13-30-12-15)22(24,25)26)18(36)5-9-39-10-6-31-17-14-32-33-20(37)19(17)23(27,28)29/h11-14H,3-10H2,1-2H3,(H2,31,33,37). The summed E-state index contributed by atoms with van der Waals surface area (Å²) in [7, 11) is 1.43. The first-order valence-corrected chi connectivity index (χ1v) is 11.8. The minimum atomic E-state index is -4.87. The molecule has 0 saturated heterocycles. The van der Waals surface area contributed by atoms with E-state index in [2.05, 4.69) is 15.4 Å². The fraction of sp³-hybridized carbons (Fsp3) is 0.522. The second-order valence-corrected chi connectivity index (χ2v) is 8.29. The van der Waals surface area contributed by atoms with Crippen molar-refractivity contribution in [2.75, 3.05) is 51.8 Å². The number of carbonyl (C=O) groups excluding carboxylic acids is 2. The van der Waals surface area contributed by atoms with Gasteiger partial charge in [0.25, 0.3) is 11.5 Å². The molecule has 0 radical (unpaired) electrons. The van der Waals surface area contributed by atoms with Crippen LogP contribution in [0, 0.1) is 0 Å². The first-order valence-electron chi connectivity index (χ1n) is 11.8. The number of aromatic nitrogens is 3. The Balaban J connectivity index is 1.73. The number of halogens is 6. The normalized spacial score (nSPS) is 11.8. The van der Waals surface area contributed by atoms with Gasteiger partial charge in [-0.05, 0) is 19.4 Å². The molecule has 16 heteroatoms. The van der Waals surface area contributed by atoms with Crippen LogP contribution in [0.15, 0.2) is 29.5 Å². The van der Waals surface area contributed by atoms with E-state index in [-0.39, 0.29) is 50.7 Å². The zero-order valence-electron chi connectivity index (χ0n) is 21.2. The number of aromatic amines is 1. The van der Waals surface area contributed by atoms with Gasteiger partial charge in [-0.15, -0.1) is 0 Å². The number of rotatable bonds is 13. The number of amides is 2. The minimum Gasteiger partial charge on any atom is -0.381 e. The first kappa shape index (κ1) is 31.5. The molecule has 2 aromatic heterocycles. The predicted molar refractivity (Wildman–Crippen MR) is 127 cm³/mol. The molecule has 39 heavy (non-hydrogen) atoms. The molecule has 216 valence electrons. The Morgan fingerprint density at radius 2 is 1.77 bits per heavy atom. The molecule has 0 aliphatic heterocycles. The quantitative estimate of drug-likeness (QED) is 0.283. The Bertz CT molecular complexity index is 1170. The van der Waals surface area contributed by atoms with Gasteiger partial charge in [0.15, 0.2) is 0 Å². The summed E-state index contributed by atoms with van der Waals surface area (Å²) in [5.41, 5.74) is -4.49. The molecule has 10 nitrogen and oxygen atoms in total. The summed E-state index contributed by atoms with van der Waals surface area (Å²) in [4.78, 5) is 42.6. The highest BCUT2D eigenvalue weighted by Gasteiger charge is 2.37. The van der Waals surface area contributed by atoms with Crippen molar-refractivity contribution in [3.05, 3.63) is 51.7 Å². The first-order chi connectivity index (χ1) is 18.3. The van der Waals surface area contributed by atoms with Gasteiger partial charge in [0.2, 0.25) is 5.91 Å². The molecule has 2 N–H and O–H groups in total. The van der Waals surface area contributed by atoms with E-state index in [9.17, 15) is 40.7 Å². The molecule has 0 aliphatic rings. The maximum absolute atomic E-state index is 13.0. The molecular weight excluding hydrogens is 538 g/mol. The zero-order valence-corrected chi connectivity index (χ0v) is 21.2. The van der Waals surface area contributed by atoms with Gasteiger partial charge in [0.1, 0.15) is 5.56 Å². The van der Waals surface area contributed by atoms with Gasteiger partial charge >= 0.3 is 12.4 Å². The molecule has 0 aromatic carbocycles. The number of carbonyl (C=O) groups is 2. The topological polar surface area (TPSA) is 121 Å². The third-order valence-electron chi connectivity index (χ3n) is 5.48. The van der Waals surface area contributed by atoms with E-state index in [1.807, 2.05) is 0 Å². The summed E-state index contributed by atoms with van der Waals surface area (Å²) < 4.78 is 82.9. The monoisotopic (exact) mass is 566 g/mol. The van der Waals surface area contributed by atoms with Gasteiger partial charge in [-0.25, -0.2) is 5.10 Å². The molecule has 0 unspecified atom stereocenters. The maximum atomic E-state index is 13.0. The van der Waals surface area contributed by atoms with Gasteiger partial charge in [0.05, 0.1) is 42.6 Å². The average molecular weight is 567 g/mol. The lowest BCUT2D eigenvalue weighted by Crippen LogP contribution is -2.35. The summed E-state index contributed by atoms with van der Waals surface area (Å²) in [5.74, 6) is -0.886. The van der Waals surface area contributed by atoms with Gasteiger partial charge < -0.3 is 19.9 Å². The minimum absolute atomic E-state index is 0.00112. The van der Waals surface area contributed by atoms with Crippen LogP contribution in [0.4, 0.5) is 32.0 Å². The Hall–Kier alpha value is -3.69. The fourth-order valence-electron chi connectivity index (χ4n) is 3.48. The third-order valence-corrected chi connectivity index (χ3v) is 5.48. The van der Waals surface area contributed by atoms with E-state index in [0.29, 0.717) is 19.2 Å². The molecular formula is C23H28F6N6O4. The summed E-state index contributed by atoms with van der Waals surface area (Å²) >= 11 is 0. The van der Waals surface area contributed by atoms with Crippen LogP contribution < -0.4 is 10.9 Å². The molecule has 0 spiro atoms. The van der Waals surface area contributed by atoms with E-state index < -0.39 is 40.6 Å². The molecule has 2 heterocycles. The van der Waals surface area contributed by atoms with Gasteiger partial charge in [-0.3, -0.25) is 19.4 Å². The van der Waals surface area contributed by atoms with Crippen molar-refractivity contribution in [1.29, 1.82) is 0 Å². The van der Waals surface area contributed by atoms with Crippen molar-refractivity contribution in [1.82, 2.24) is 25.0 Å². The van der Waals surface area contributed by atoms with Crippen molar-refractivity contribution in [3.63, 3.8) is 0 Å². The fourth-order valence-corrected chi connectivity index (χ4v) is 3.48. The summed E-state index contributed by atoms with van der Waals surface area (Å²) in [5, 5.41) is 7.51. The Labute approximate surface area is 219 Å². The smallest absolute Gasteiger partial charge is 0.381 e. The molecule has 2 amide bonds. The van der Waals surface area contributed by atoms with Gasteiger partial charge in [-0.1, -0.05) is 0 Å². The van der Waals surface area contributed by atoms with E-state index in [1.54, 1.807) is 12.0 Å². The molecule has 0 bridgehead atoms. The van der Waals surface area contributed by atoms with E-state index in [0.717, 1.165) is 18.5 Å². The number of hydrogen-bond donors (Lipinski definition) is 2. The van der Waals surface area contributed by atoms with Crippen molar-refractivity contribution in [2.45, 2.75) is 32.1 Å². The predicted octanol–water partition coefficient (Wildman–Crippen LogP) is 3.03. The number of nitrogens with zero attached hydrogens (tertiary/aromatic N) is 4. The number of hydrogen-bond acceptors (Lipinski definition) is 7. The van der Waals surface area contributed by atoms with Crippen LogP contribution in [-0.4, -0.2) is 83.2 Å². The molecule has 0 saturated carbocycles. The molecule has 2 rings (SSSR count).